The van der Waals surface area contributed by atoms with Crippen molar-refractivity contribution in [2.24, 2.45) is 5.92 Å². The Bertz CT molecular complexity index is 1560. The summed E-state index contributed by atoms with van der Waals surface area (Å²) in [6.07, 6.45) is 2.89. The lowest BCUT2D eigenvalue weighted by molar-refractivity contribution is -0.123. The van der Waals surface area contributed by atoms with Gasteiger partial charge in [0, 0.05) is 37.6 Å². The van der Waals surface area contributed by atoms with Gasteiger partial charge in [-0.25, -0.2) is 8.42 Å². The van der Waals surface area contributed by atoms with Crippen molar-refractivity contribution in [2.75, 3.05) is 36.0 Å². The van der Waals surface area contributed by atoms with Crippen molar-refractivity contribution in [1.82, 2.24) is 14.1 Å². The van der Waals surface area contributed by atoms with E-state index >= 15 is 0 Å². The summed E-state index contributed by atoms with van der Waals surface area (Å²) >= 11 is 0. The van der Waals surface area contributed by atoms with Crippen molar-refractivity contribution in [3.8, 4) is 0 Å². The van der Waals surface area contributed by atoms with Crippen LogP contribution in [0, 0.1) is 19.8 Å². The molecule has 2 amide bonds. The zero-order valence-corrected chi connectivity index (χ0v) is 23.2. The number of para-hydroxylation sites is 2. The largest absolute Gasteiger partial charge is 0.312 e. The third-order valence-electron chi connectivity index (χ3n) is 8.27. The molecule has 3 aliphatic rings. The van der Waals surface area contributed by atoms with Crippen LogP contribution in [0.4, 0.5) is 11.4 Å². The van der Waals surface area contributed by atoms with Gasteiger partial charge in [0.2, 0.25) is 21.8 Å². The molecule has 1 aromatic heterocycles. The highest BCUT2D eigenvalue weighted by molar-refractivity contribution is 7.89. The maximum absolute atomic E-state index is 13.9. The molecule has 0 bridgehead atoms. The Kier molecular flexibility index (Phi) is 6.55. The number of anilines is 2. The van der Waals surface area contributed by atoms with Gasteiger partial charge in [-0.15, -0.1) is 0 Å². The average molecular weight is 548 g/mol. The number of rotatable bonds is 5. The predicted molar refractivity (Wildman–Crippen MR) is 148 cm³/mol. The molecule has 0 aliphatic carbocycles. The van der Waals surface area contributed by atoms with Crippen molar-refractivity contribution in [3.63, 3.8) is 0 Å². The second-order valence-corrected chi connectivity index (χ2v) is 12.5. The van der Waals surface area contributed by atoms with Crippen molar-refractivity contribution in [3.05, 3.63) is 71.0 Å². The molecule has 10 heteroatoms. The van der Waals surface area contributed by atoms with Gasteiger partial charge < -0.3 is 9.80 Å². The van der Waals surface area contributed by atoms with Gasteiger partial charge in [0.15, 0.2) is 0 Å². The Morgan fingerprint density at radius 3 is 2.21 bits per heavy atom. The van der Waals surface area contributed by atoms with E-state index in [1.165, 1.54) is 8.99 Å². The molecule has 9 nitrogen and oxygen atoms in total. The van der Waals surface area contributed by atoms with E-state index in [1.807, 2.05) is 53.4 Å². The lowest BCUT2D eigenvalue weighted by Gasteiger charge is -2.33. The summed E-state index contributed by atoms with van der Waals surface area (Å²) in [7, 11) is -3.90. The lowest BCUT2D eigenvalue weighted by Crippen LogP contribution is -2.46. The third-order valence-corrected chi connectivity index (χ3v) is 10.4. The fourth-order valence-corrected chi connectivity index (χ4v) is 8.19. The molecule has 39 heavy (non-hydrogen) atoms. The molecule has 6 rings (SSSR count). The van der Waals surface area contributed by atoms with Crippen LogP contribution in [0.3, 0.4) is 0 Å². The molecule has 1 unspecified atom stereocenters. The number of carbonyl (C=O) groups excluding carboxylic acids is 2. The molecule has 0 radical (unpaired) electrons. The topological polar surface area (TPSA) is 95.8 Å². The zero-order chi connectivity index (χ0) is 27.3. The Morgan fingerprint density at radius 1 is 0.897 bits per heavy atom. The van der Waals surface area contributed by atoms with Crippen molar-refractivity contribution < 1.29 is 18.0 Å². The maximum atomic E-state index is 13.9. The summed E-state index contributed by atoms with van der Waals surface area (Å²) in [5, 5.41) is 4.47. The average Bonchev–Trinajstić information content (AvgIpc) is 3.64. The van der Waals surface area contributed by atoms with Crippen molar-refractivity contribution in [2.45, 2.75) is 51.0 Å². The van der Waals surface area contributed by atoms with Gasteiger partial charge in [0.25, 0.3) is 0 Å². The van der Waals surface area contributed by atoms with Crippen LogP contribution in [-0.2, 0) is 39.0 Å². The van der Waals surface area contributed by atoms with Gasteiger partial charge in [-0.1, -0.05) is 36.4 Å². The van der Waals surface area contributed by atoms with Crippen LogP contribution < -0.4 is 9.80 Å². The predicted octanol–water partition coefficient (Wildman–Crippen LogP) is 3.08. The van der Waals surface area contributed by atoms with Gasteiger partial charge in [0.05, 0.1) is 17.3 Å². The number of nitrogens with zero attached hydrogens (tertiary/aromatic N) is 5. The number of fused-ring (bicyclic) bond motifs is 2. The molecule has 2 aromatic carbocycles. The maximum Gasteiger partial charge on any atom is 0.248 e. The number of aromatic nitrogens is 2. The van der Waals surface area contributed by atoms with Crippen molar-refractivity contribution >= 4 is 33.2 Å². The van der Waals surface area contributed by atoms with Crippen LogP contribution in [0.2, 0.25) is 0 Å². The first kappa shape index (κ1) is 25.8. The smallest absolute Gasteiger partial charge is 0.248 e. The van der Waals surface area contributed by atoms with E-state index in [0.29, 0.717) is 43.9 Å². The standard InChI is InChI=1S/C29H33N5O4S/c1-20-28(21(2)34(30-20)19-27(35)32-16-13-22-8-3-5-11-25(22)32)39(37,38)31-15-7-10-24(18-31)29(36)33-17-14-23-9-4-6-12-26(23)33/h3-6,8-9,11-12,24H,7,10,13-19H2,1-2H3. The van der Waals surface area contributed by atoms with Gasteiger partial charge in [0.1, 0.15) is 11.4 Å². The molecule has 0 spiro atoms. The van der Waals surface area contributed by atoms with Crippen LogP contribution in [0.1, 0.15) is 35.4 Å². The fraction of sp³-hybridized carbons (Fsp3) is 0.414. The number of amides is 2. The summed E-state index contributed by atoms with van der Waals surface area (Å²) < 4.78 is 30.7. The Balaban J connectivity index is 1.20. The minimum atomic E-state index is -3.90. The first-order valence-corrected chi connectivity index (χ1v) is 15.0. The summed E-state index contributed by atoms with van der Waals surface area (Å²) in [5.74, 6) is -0.531. The van der Waals surface area contributed by atoms with Crippen LogP contribution in [0.25, 0.3) is 0 Å². The molecule has 204 valence electrons. The number of carbonyl (C=O) groups is 2. The highest BCUT2D eigenvalue weighted by atomic mass is 32.2. The number of hydrogen-bond acceptors (Lipinski definition) is 5. The number of hydrogen-bond donors (Lipinski definition) is 0. The fourth-order valence-electron chi connectivity index (χ4n) is 6.30. The third kappa shape index (κ3) is 4.45. The summed E-state index contributed by atoms with van der Waals surface area (Å²) in [6, 6.07) is 15.7. The normalized spacial score (nSPS) is 19.3. The Morgan fingerprint density at radius 2 is 1.51 bits per heavy atom. The molecule has 1 fully saturated rings. The van der Waals surface area contributed by atoms with E-state index in [2.05, 4.69) is 5.10 Å². The summed E-state index contributed by atoms with van der Waals surface area (Å²) in [6.45, 7) is 5.07. The molecule has 0 N–H and O–H groups in total. The van der Waals surface area contributed by atoms with Gasteiger partial charge in [-0.2, -0.15) is 9.40 Å². The monoisotopic (exact) mass is 547 g/mol. The highest BCUT2D eigenvalue weighted by Gasteiger charge is 2.39. The molecule has 3 aliphatic heterocycles. The minimum Gasteiger partial charge on any atom is -0.312 e. The second-order valence-electron chi connectivity index (χ2n) is 10.7. The molecule has 4 heterocycles. The van der Waals surface area contributed by atoms with Crippen molar-refractivity contribution in [1.29, 1.82) is 0 Å². The summed E-state index contributed by atoms with van der Waals surface area (Å²) in [5.41, 5.74) is 4.92. The first-order valence-electron chi connectivity index (χ1n) is 13.6. The van der Waals surface area contributed by atoms with Gasteiger partial charge >= 0.3 is 0 Å². The number of aryl methyl sites for hydroxylation is 1. The Labute approximate surface area is 229 Å². The van der Waals surface area contributed by atoms with E-state index in [0.717, 1.165) is 35.3 Å². The lowest BCUT2D eigenvalue weighted by atomic mass is 9.98. The second kappa shape index (κ2) is 9.91. The molecule has 1 saturated heterocycles. The molecule has 1 atom stereocenters. The van der Waals surface area contributed by atoms with Crippen LogP contribution in [0.15, 0.2) is 53.4 Å². The van der Waals surface area contributed by atoms with E-state index in [1.54, 1.807) is 18.7 Å². The van der Waals surface area contributed by atoms with Crippen LogP contribution in [0.5, 0.6) is 0 Å². The Hall–Kier alpha value is -3.50. The van der Waals surface area contributed by atoms with Gasteiger partial charge in [-0.3, -0.25) is 14.3 Å². The number of benzene rings is 2. The summed E-state index contributed by atoms with van der Waals surface area (Å²) in [4.78, 5) is 30.4. The minimum absolute atomic E-state index is 0.0134. The highest BCUT2D eigenvalue weighted by Crippen LogP contribution is 2.33. The number of piperidine rings is 1. The van der Waals surface area contributed by atoms with E-state index in [-0.39, 0.29) is 29.8 Å². The van der Waals surface area contributed by atoms with E-state index in [9.17, 15) is 18.0 Å². The molecule has 3 aromatic rings. The quantitative estimate of drug-likeness (QED) is 0.489. The first-order chi connectivity index (χ1) is 18.8. The zero-order valence-electron chi connectivity index (χ0n) is 22.3. The van der Waals surface area contributed by atoms with Gasteiger partial charge in [-0.05, 0) is 62.8 Å². The van der Waals surface area contributed by atoms with E-state index < -0.39 is 15.9 Å². The van der Waals surface area contributed by atoms with Crippen LogP contribution >= 0.6 is 0 Å². The number of sulfonamides is 1. The van der Waals surface area contributed by atoms with Crippen LogP contribution in [-0.4, -0.2) is 60.5 Å². The SMILES string of the molecule is Cc1nn(CC(=O)N2CCc3ccccc32)c(C)c1S(=O)(=O)N1CCCC(C(=O)N2CCc3ccccc32)C1. The molecular weight excluding hydrogens is 514 g/mol. The van der Waals surface area contributed by atoms with E-state index in [4.69, 9.17) is 0 Å². The molecule has 0 saturated carbocycles. The molecular formula is C29H33N5O4S.